The van der Waals surface area contributed by atoms with Gasteiger partial charge in [-0.3, -0.25) is 0 Å². The van der Waals surface area contributed by atoms with Crippen LogP contribution < -0.4 is 0 Å². The maximum absolute atomic E-state index is 10.3. The van der Waals surface area contributed by atoms with Crippen molar-refractivity contribution in [2.75, 3.05) is 13.2 Å². The number of hydrogen-bond acceptors (Lipinski definition) is 4. The molecular formula is C15H20O5. The summed E-state index contributed by atoms with van der Waals surface area (Å²) in [4.78, 5) is 10.3. The standard InChI is InChI=1S/C15H20O5/c1-4-5-6-7-8-12-13(20-15(2,3)19-12)9-10-18-11-14(16)17/h1,5-8,12-13H,9-11H2,2-3H3,(H,16,17). The van der Waals surface area contributed by atoms with Crippen molar-refractivity contribution < 1.29 is 24.1 Å². The Morgan fingerprint density at radius 1 is 1.45 bits per heavy atom. The van der Waals surface area contributed by atoms with Crippen LogP contribution in [0.3, 0.4) is 0 Å². The van der Waals surface area contributed by atoms with Crippen LogP contribution in [0.1, 0.15) is 20.3 Å². The Bertz CT molecular complexity index is 416. The lowest BCUT2D eigenvalue weighted by Crippen LogP contribution is -2.23. The zero-order valence-electron chi connectivity index (χ0n) is 11.7. The first-order chi connectivity index (χ1) is 9.44. The van der Waals surface area contributed by atoms with Crippen molar-refractivity contribution in [1.82, 2.24) is 0 Å². The van der Waals surface area contributed by atoms with Crippen LogP contribution in [0.4, 0.5) is 0 Å². The van der Waals surface area contributed by atoms with Gasteiger partial charge in [0.2, 0.25) is 0 Å². The molecule has 0 aromatic rings. The fourth-order valence-corrected chi connectivity index (χ4v) is 1.89. The molecule has 1 rings (SSSR count). The van der Waals surface area contributed by atoms with E-state index in [1.165, 1.54) is 0 Å². The van der Waals surface area contributed by atoms with E-state index in [4.69, 9.17) is 25.7 Å². The summed E-state index contributed by atoms with van der Waals surface area (Å²) < 4.78 is 16.5. The summed E-state index contributed by atoms with van der Waals surface area (Å²) in [5.74, 6) is 0.747. The van der Waals surface area contributed by atoms with E-state index in [1.54, 1.807) is 18.2 Å². The van der Waals surface area contributed by atoms with Gasteiger partial charge in [-0.05, 0) is 26.3 Å². The molecule has 1 N–H and O–H groups in total. The summed E-state index contributed by atoms with van der Waals surface area (Å²) in [6, 6.07) is 0. The summed E-state index contributed by atoms with van der Waals surface area (Å²) in [5.41, 5.74) is 0. The third-order valence-electron chi connectivity index (χ3n) is 2.60. The Hall–Kier alpha value is -1.61. The first-order valence-corrected chi connectivity index (χ1v) is 6.39. The monoisotopic (exact) mass is 280 g/mol. The first-order valence-electron chi connectivity index (χ1n) is 6.39. The predicted molar refractivity (Wildman–Crippen MR) is 74.0 cm³/mol. The normalized spacial score (nSPS) is 25.2. The minimum Gasteiger partial charge on any atom is -0.480 e. The summed E-state index contributed by atoms with van der Waals surface area (Å²) in [7, 11) is 0. The summed E-state index contributed by atoms with van der Waals surface area (Å²) in [6.45, 7) is 3.68. The molecule has 2 atom stereocenters. The van der Waals surface area contributed by atoms with Crippen LogP contribution in [0.25, 0.3) is 0 Å². The molecule has 0 aromatic heterocycles. The molecule has 1 heterocycles. The van der Waals surface area contributed by atoms with Crippen molar-refractivity contribution >= 4 is 5.97 Å². The SMILES string of the molecule is C#CC=CC=CC1OC(C)(C)OC1CCOCC(=O)O. The average molecular weight is 280 g/mol. The van der Waals surface area contributed by atoms with Crippen LogP contribution in [0, 0.1) is 12.3 Å². The molecule has 0 amide bonds. The Labute approximate surface area is 119 Å². The zero-order chi connectivity index (χ0) is 15.0. The fraction of sp³-hybridized carbons (Fsp3) is 0.533. The van der Waals surface area contributed by atoms with Gasteiger partial charge in [0, 0.05) is 6.61 Å². The molecule has 1 fully saturated rings. The number of allylic oxidation sites excluding steroid dienone is 3. The quantitative estimate of drug-likeness (QED) is 0.437. The number of carboxylic acid groups (broad SMARTS) is 1. The number of rotatable bonds is 7. The Balaban J connectivity index is 2.48. The van der Waals surface area contributed by atoms with Crippen LogP contribution in [-0.2, 0) is 19.0 Å². The van der Waals surface area contributed by atoms with E-state index in [-0.39, 0.29) is 18.8 Å². The van der Waals surface area contributed by atoms with E-state index >= 15 is 0 Å². The molecule has 0 spiro atoms. The van der Waals surface area contributed by atoms with Gasteiger partial charge in [0.15, 0.2) is 5.79 Å². The molecule has 2 unspecified atom stereocenters. The highest BCUT2D eigenvalue weighted by Crippen LogP contribution is 2.30. The number of ether oxygens (including phenoxy) is 3. The maximum Gasteiger partial charge on any atom is 0.329 e. The third-order valence-corrected chi connectivity index (χ3v) is 2.60. The summed E-state index contributed by atoms with van der Waals surface area (Å²) in [6.07, 6.45) is 12.3. The molecule has 0 aromatic carbocycles. The van der Waals surface area contributed by atoms with Crippen molar-refractivity contribution in [1.29, 1.82) is 0 Å². The van der Waals surface area contributed by atoms with Crippen molar-refractivity contribution in [2.24, 2.45) is 0 Å². The largest absolute Gasteiger partial charge is 0.480 e. The van der Waals surface area contributed by atoms with E-state index < -0.39 is 11.8 Å². The lowest BCUT2D eigenvalue weighted by molar-refractivity contribution is -0.147. The van der Waals surface area contributed by atoms with Crippen LogP contribution in [-0.4, -0.2) is 42.3 Å². The lowest BCUT2D eigenvalue weighted by Gasteiger charge is -2.16. The van der Waals surface area contributed by atoms with E-state index in [9.17, 15) is 4.79 Å². The molecule has 0 bridgehead atoms. The highest BCUT2D eigenvalue weighted by atomic mass is 16.7. The second-order valence-corrected chi connectivity index (χ2v) is 4.78. The van der Waals surface area contributed by atoms with Crippen molar-refractivity contribution in [2.45, 2.75) is 38.3 Å². The van der Waals surface area contributed by atoms with Gasteiger partial charge in [-0.15, -0.1) is 6.42 Å². The lowest BCUT2D eigenvalue weighted by atomic mass is 10.1. The van der Waals surface area contributed by atoms with Gasteiger partial charge in [0.25, 0.3) is 0 Å². The second kappa shape index (κ2) is 7.85. The smallest absolute Gasteiger partial charge is 0.329 e. The van der Waals surface area contributed by atoms with Crippen LogP contribution in [0.15, 0.2) is 24.3 Å². The fourth-order valence-electron chi connectivity index (χ4n) is 1.89. The van der Waals surface area contributed by atoms with Crippen LogP contribution in [0.2, 0.25) is 0 Å². The molecule has 0 radical (unpaired) electrons. The van der Waals surface area contributed by atoms with E-state index in [1.807, 2.05) is 19.9 Å². The van der Waals surface area contributed by atoms with Crippen LogP contribution >= 0.6 is 0 Å². The topological polar surface area (TPSA) is 65.0 Å². The highest BCUT2D eigenvalue weighted by molar-refractivity contribution is 5.67. The van der Waals surface area contributed by atoms with E-state index in [0.717, 1.165) is 0 Å². The zero-order valence-corrected chi connectivity index (χ0v) is 11.7. The van der Waals surface area contributed by atoms with Crippen molar-refractivity contribution in [3.63, 3.8) is 0 Å². The van der Waals surface area contributed by atoms with Gasteiger partial charge in [-0.1, -0.05) is 24.1 Å². The van der Waals surface area contributed by atoms with Gasteiger partial charge in [-0.2, -0.15) is 0 Å². The third kappa shape index (κ3) is 6.02. The van der Waals surface area contributed by atoms with Gasteiger partial charge in [0.1, 0.15) is 12.7 Å². The molecule has 1 saturated heterocycles. The molecule has 1 aliphatic rings. The number of aliphatic carboxylic acids is 1. The molecular weight excluding hydrogens is 260 g/mol. The number of carbonyl (C=O) groups is 1. The maximum atomic E-state index is 10.3. The first kappa shape index (κ1) is 16.4. The minimum absolute atomic E-state index is 0.172. The highest BCUT2D eigenvalue weighted by Gasteiger charge is 2.39. The van der Waals surface area contributed by atoms with Gasteiger partial charge >= 0.3 is 5.97 Å². The molecule has 5 nitrogen and oxygen atoms in total. The summed E-state index contributed by atoms with van der Waals surface area (Å²) >= 11 is 0. The molecule has 5 heteroatoms. The van der Waals surface area contributed by atoms with Crippen molar-refractivity contribution in [3.8, 4) is 12.3 Å². The Morgan fingerprint density at radius 3 is 2.85 bits per heavy atom. The minimum atomic E-state index is -0.982. The number of carboxylic acids is 1. The molecule has 1 aliphatic heterocycles. The second-order valence-electron chi connectivity index (χ2n) is 4.78. The van der Waals surface area contributed by atoms with Gasteiger partial charge in [-0.25, -0.2) is 4.79 Å². The number of hydrogen-bond donors (Lipinski definition) is 1. The van der Waals surface area contributed by atoms with Gasteiger partial charge < -0.3 is 19.3 Å². The van der Waals surface area contributed by atoms with E-state index in [0.29, 0.717) is 13.0 Å². The molecule has 20 heavy (non-hydrogen) atoms. The Morgan fingerprint density at radius 2 is 2.20 bits per heavy atom. The molecule has 110 valence electrons. The van der Waals surface area contributed by atoms with Crippen LogP contribution in [0.5, 0.6) is 0 Å². The van der Waals surface area contributed by atoms with Crippen molar-refractivity contribution in [3.05, 3.63) is 24.3 Å². The number of terminal acetylenes is 1. The molecule has 0 saturated carbocycles. The average Bonchev–Trinajstić information content (AvgIpc) is 2.65. The van der Waals surface area contributed by atoms with Gasteiger partial charge in [0.05, 0.1) is 6.10 Å². The van der Waals surface area contributed by atoms with E-state index in [2.05, 4.69) is 5.92 Å². The Kier molecular flexibility index (Phi) is 6.46. The molecule has 0 aliphatic carbocycles. The predicted octanol–water partition coefficient (Wildman–Crippen LogP) is 1.74. The summed E-state index contributed by atoms with van der Waals surface area (Å²) in [5, 5.41) is 8.49.